The highest BCUT2D eigenvalue weighted by atomic mass is 35.5. The Balaban J connectivity index is 2.59. The van der Waals surface area contributed by atoms with Crippen molar-refractivity contribution in [1.82, 2.24) is 0 Å². The Morgan fingerprint density at radius 1 is 1.36 bits per heavy atom. The van der Waals surface area contributed by atoms with Gasteiger partial charge in [-0.05, 0) is 29.5 Å². The first-order valence-corrected chi connectivity index (χ1v) is 5.33. The quantitative estimate of drug-likeness (QED) is 0.723. The van der Waals surface area contributed by atoms with Crippen LogP contribution in [0, 0.1) is 5.41 Å². The molecule has 1 aliphatic rings. The Bertz CT molecular complexity index is 385. The number of benzene rings is 1. The van der Waals surface area contributed by atoms with Gasteiger partial charge in [0.05, 0.1) is 6.10 Å². The van der Waals surface area contributed by atoms with Gasteiger partial charge in [-0.25, -0.2) is 0 Å². The van der Waals surface area contributed by atoms with E-state index in [2.05, 4.69) is 0 Å². The molecule has 0 fully saturated rings. The summed E-state index contributed by atoms with van der Waals surface area (Å²) in [6.45, 7) is 4.06. The number of halogens is 2. The van der Waals surface area contributed by atoms with Crippen LogP contribution in [0.5, 0.6) is 0 Å². The van der Waals surface area contributed by atoms with Gasteiger partial charge in [-0.1, -0.05) is 37.0 Å². The summed E-state index contributed by atoms with van der Waals surface area (Å²) in [6, 6.07) is 3.58. The molecule has 0 saturated heterocycles. The van der Waals surface area contributed by atoms with Crippen molar-refractivity contribution >= 4 is 23.2 Å². The maximum absolute atomic E-state index is 10.1. The SMILES string of the molecule is CC1(C)Cc2cc(Cl)cc(Cl)c2C1O. The fraction of sp³-hybridized carbons (Fsp3) is 0.455. The molecule has 0 bridgehead atoms. The molecule has 0 saturated carbocycles. The molecule has 1 N–H and O–H groups in total. The second-order valence-corrected chi connectivity index (χ2v) is 5.37. The van der Waals surface area contributed by atoms with E-state index in [9.17, 15) is 5.11 Å². The molecule has 14 heavy (non-hydrogen) atoms. The summed E-state index contributed by atoms with van der Waals surface area (Å²) in [5.74, 6) is 0. The van der Waals surface area contributed by atoms with Crippen LogP contribution in [-0.4, -0.2) is 5.11 Å². The van der Waals surface area contributed by atoms with E-state index in [0.29, 0.717) is 10.0 Å². The third kappa shape index (κ3) is 1.44. The molecule has 1 aromatic rings. The minimum Gasteiger partial charge on any atom is -0.388 e. The topological polar surface area (TPSA) is 20.2 Å². The smallest absolute Gasteiger partial charge is 0.0861 e. The molecule has 0 radical (unpaired) electrons. The van der Waals surface area contributed by atoms with Crippen molar-refractivity contribution in [1.29, 1.82) is 0 Å². The van der Waals surface area contributed by atoms with Crippen molar-refractivity contribution in [3.8, 4) is 0 Å². The highest BCUT2D eigenvalue weighted by Crippen LogP contribution is 2.48. The molecule has 1 unspecified atom stereocenters. The van der Waals surface area contributed by atoms with Gasteiger partial charge in [-0.2, -0.15) is 0 Å². The van der Waals surface area contributed by atoms with Gasteiger partial charge in [-0.3, -0.25) is 0 Å². The van der Waals surface area contributed by atoms with E-state index in [-0.39, 0.29) is 5.41 Å². The molecular weight excluding hydrogens is 219 g/mol. The summed E-state index contributed by atoms with van der Waals surface area (Å²) in [4.78, 5) is 0. The van der Waals surface area contributed by atoms with Crippen molar-refractivity contribution in [2.45, 2.75) is 26.4 Å². The lowest BCUT2D eigenvalue weighted by Crippen LogP contribution is -2.16. The number of rotatable bonds is 0. The second kappa shape index (κ2) is 3.13. The molecule has 76 valence electrons. The molecule has 0 aromatic heterocycles. The molecule has 2 rings (SSSR count). The summed E-state index contributed by atoms with van der Waals surface area (Å²) in [5, 5.41) is 11.3. The molecule has 0 amide bonds. The second-order valence-electron chi connectivity index (χ2n) is 4.53. The largest absolute Gasteiger partial charge is 0.388 e. The van der Waals surface area contributed by atoms with Crippen molar-refractivity contribution < 1.29 is 5.11 Å². The van der Waals surface area contributed by atoms with E-state index in [1.807, 2.05) is 19.9 Å². The average molecular weight is 231 g/mol. The summed E-state index contributed by atoms with van der Waals surface area (Å²) in [7, 11) is 0. The normalized spacial score (nSPS) is 23.6. The zero-order valence-corrected chi connectivity index (χ0v) is 9.65. The first kappa shape index (κ1) is 10.3. The highest BCUT2D eigenvalue weighted by Gasteiger charge is 2.39. The molecule has 0 aliphatic heterocycles. The Hall–Kier alpha value is -0.240. The van der Waals surface area contributed by atoms with Gasteiger partial charge in [-0.15, -0.1) is 0 Å². The van der Waals surface area contributed by atoms with Crippen LogP contribution in [0.1, 0.15) is 31.1 Å². The van der Waals surface area contributed by atoms with Gasteiger partial charge in [0.25, 0.3) is 0 Å². The third-order valence-corrected chi connectivity index (χ3v) is 3.37. The van der Waals surface area contributed by atoms with Gasteiger partial charge in [0.15, 0.2) is 0 Å². The lowest BCUT2D eigenvalue weighted by molar-refractivity contribution is 0.0666. The van der Waals surface area contributed by atoms with Crippen LogP contribution in [0.4, 0.5) is 0 Å². The summed E-state index contributed by atoms with van der Waals surface area (Å²) in [5.41, 5.74) is 1.78. The first-order chi connectivity index (χ1) is 6.42. The van der Waals surface area contributed by atoms with E-state index in [1.54, 1.807) is 6.07 Å². The summed E-state index contributed by atoms with van der Waals surface area (Å²) < 4.78 is 0. The van der Waals surface area contributed by atoms with Crippen LogP contribution < -0.4 is 0 Å². The highest BCUT2D eigenvalue weighted by molar-refractivity contribution is 6.35. The van der Waals surface area contributed by atoms with E-state index < -0.39 is 6.10 Å². The van der Waals surface area contributed by atoms with Crippen molar-refractivity contribution in [2.24, 2.45) is 5.41 Å². The number of aliphatic hydroxyl groups excluding tert-OH is 1. The van der Waals surface area contributed by atoms with Gasteiger partial charge in [0.2, 0.25) is 0 Å². The maximum Gasteiger partial charge on any atom is 0.0861 e. The number of hydrogen-bond acceptors (Lipinski definition) is 1. The predicted octanol–water partition coefficient (Wildman–Crippen LogP) is 3.61. The predicted molar refractivity (Wildman–Crippen MR) is 58.9 cm³/mol. The molecule has 0 heterocycles. The molecular formula is C11H12Cl2O. The Kier molecular flexibility index (Phi) is 2.30. The van der Waals surface area contributed by atoms with Gasteiger partial charge in [0.1, 0.15) is 0 Å². The zero-order chi connectivity index (χ0) is 10.5. The number of aliphatic hydroxyl groups is 1. The lowest BCUT2D eigenvalue weighted by Gasteiger charge is -2.22. The molecule has 1 aromatic carbocycles. The van der Waals surface area contributed by atoms with Crippen LogP contribution in [0.2, 0.25) is 10.0 Å². The molecule has 0 spiro atoms. The number of hydrogen-bond donors (Lipinski definition) is 1. The molecule has 3 heteroatoms. The Morgan fingerprint density at radius 2 is 2.00 bits per heavy atom. The number of fused-ring (bicyclic) bond motifs is 1. The van der Waals surface area contributed by atoms with Crippen LogP contribution in [0.3, 0.4) is 0 Å². The van der Waals surface area contributed by atoms with E-state index in [0.717, 1.165) is 17.5 Å². The lowest BCUT2D eigenvalue weighted by atomic mass is 9.87. The Labute approximate surface area is 93.7 Å². The van der Waals surface area contributed by atoms with Crippen molar-refractivity contribution in [3.63, 3.8) is 0 Å². The summed E-state index contributed by atoms with van der Waals surface area (Å²) in [6.07, 6.45) is 0.339. The van der Waals surface area contributed by atoms with Crippen LogP contribution >= 0.6 is 23.2 Å². The van der Waals surface area contributed by atoms with E-state index in [1.165, 1.54) is 0 Å². The fourth-order valence-electron chi connectivity index (χ4n) is 2.07. The summed E-state index contributed by atoms with van der Waals surface area (Å²) >= 11 is 12.0. The first-order valence-electron chi connectivity index (χ1n) is 4.58. The van der Waals surface area contributed by atoms with Gasteiger partial charge in [0, 0.05) is 15.6 Å². The third-order valence-electron chi connectivity index (χ3n) is 2.84. The van der Waals surface area contributed by atoms with Crippen molar-refractivity contribution in [2.75, 3.05) is 0 Å². The minimum atomic E-state index is -0.484. The van der Waals surface area contributed by atoms with E-state index >= 15 is 0 Å². The zero-order valence-electron chi connectivity index (χ0n) is 8.14. The van der Waals surface area contributed by atoms with E-state index in [4.69, 9.17) is 23.2 Å². The molecule has 1 atom stereocenters. The molecule has 1 nitrogen and oxygen atoms in total. The average Bonchev–Trinajstić information content (AvgIpc) is 2.21. The standard InChI is InChI=1S/C11H12Cl2O/c1-11(2)5-6-3-7(12)4-8(13)9(6)10(11)14/h3-4,10,14H,5H2,1-2H3. The maximum atomic E-state index is 10.1. The molecule has 1 aliphatic carbocycles. The van der Waals surface area contributed by atoms with Gasteiger partial charge >= 0.3 is 0 Å². The minimum absolute atomic E-state index is 0.142. The van der Waals surface area contributed by atoms with Crippen LogP contribution in [0.15, 0.2) is 12.1 Å². The Morgan fingerprint density at radius 3 is 2.64 bits per heavy atom. The van der Waals surface area contributed by atoms with Crippen molar-refractivity contribution in [3.05, 3.63) is 33.3 Å². The van der Waals surface area contributed by atoms with Crippen LogP contribution in [-0.2, 0) is 6.42 Å². The van der Waals surface area contributed by atoms with Gasteiger partial charge < -0.3 is 5.11 Å². The monoisotopic (exact) mass is 230 g/mol. The van der Waals surface area contributed by atoms with Crippen LogP contribution in [0.25, 0.3) is 0 Å². The fourth-order valence-corrected chi connectivity index (χ4v) is 2.71.